The molecule has 1 saturated carbocycles. The Hall–Kier alpha value is -4.52. The van der Waals surface area contributed by atoms with Gasteiger partial charge in [-0.15, -0.1) is 0 Å². The van der Waals surface area contributed by atoms with Crippen molar-refractivity contribution in [2.45, 2.75) is 45.7 Å². The summed E-state index contributed by atoms with van der Waals surface area (Å²) in [6, 6.07) is 20.6. The number of aromatic nitrogens is 4. The van der Waals surface area contributed by atoms with Crippen LogP contribution in [0.5, 0.6) is 0 Å². The Bertz CT molecular complexity index is 1650. The van der Waals surface area contributed by atoms with Gasteiger partial charge in [-0.2, -0.15) is 5.10 Å². The highest BCUT2D eigenvalue weighted by Gasteiger charge is 2.24. The van der Waals surface area contributed by atoms with E-state index in [4.69, 9.17) is 4.98 Å². The first-order valence-corrected chi connectivity index (χ1v) is 13.0. The molecular formula is C31H30N6O. The fourth-order valence-corrected chi connectivity index (χ4v) is 4.70. The molecule has 7 nitrogen and oxygen atoms in total. The van der Waals surface area contributed by atoms with Gasteiger partial charge in [-0.1, -0.05) is 35.9 Å². The molecule has 0 spiro atoms. The van der Waals surface area contributed by atoms with E-state index in [0.29, 0.717) is 17.6 Å². The van der Waals surface area contributed by atoms with Crippen LogP contribution in [0, 0.1) is 13.8 Å². The van der Waals surface area contributed by atoms with Crippen molar-refractivity contribution in [2.75, 3.05) is 5.32 Å². The average Bonchev–Trinajstić information content (AvgIpc) is 3.67. The Morgan fingerprint density at radius 3 is 2.71 bits per heavy atom. The maximum atomic E-state index is 12.8. The molecule has 0 bridgehead atoms. The van der Waals surface area contributed by atoms with Crippen LogP contribution in [0.2, 0.25) is 0 Å². The largest absolute Gasteiger partial charge is 0.346 e. The van der Waals surface area contributed by atoms with Gasteiger partial charge in [0.2, 0.25) is 5.95 Å². The van der Waals surface area contributed by atoms with Crippen LogP contribution in [-0.2, 0) is 0 Å². The first kappa shape index (κ1) is 23.9. The number of nitrogens with one attached hydrogen (secondary N) is 2. The SMILES string of the molecule is Cc1cccc(C(=O)N[C@H](C)c2ccc(C)c(-c3ccc4nc(Nc5cnn(C6CC6)c5)ncc4c3)c2)c1. The molecule has 1 atom stereocenters. The number of anilines is 2. The highest BCUT2D eigenvalue weighted by molar-refractivity contribution is 5.94. The van der Waals surface area contributed by atoms with Gasteiger partial charge in [0.1, 0.15) is 0 Å². The van der Waals surface area contributed by atoms with E-state index < -0.39 is 0 Å². The summed E-state index contributed by atoms with van der Waals surface area (Å²) in [4.78, 5) is 22.0. The topological polar surface area (TPSA) is 84.7 Å². The summed E-state index contributed by atoms with van der Waals surface area (Å²) in [5.74, 6) is 0.479. The van der Waals surface area contributed by atoms with Crippen molar-refractivity contribution in [1.82, 2.24) is 25.1 Å². The predicted octanol–water partition coefficient (Wildman–Crippen LogP) is 6.68. The number of amides is 1. The minimum absolute atomic E-state index is 0.0736. The molecule has 1 aliphatic carbocycles. The fraction of sp³-hybridized carbons (Fsp3) is 0.226. The molecule has 0 radical (unpaired) electrons. The summed E-state index contributed by atoms with van der Waals surface area (Å²) in [5.41, 5.74) is 7.92. The van der Waals surface area contributed by atoms with Crippen molar-refractivity contribution in [2.24, 2.45) is 0 Å². The van der Waals surface area contributed by atoms with E-state index in [2.05, 4.69) is 58.0 Å². The van der Waals surface area contributed by atoms with Gasteiger partial charge in [0.15, 0.2) is 0 Å². The van der Waals surface area contributed by atoms with Crippen LogP contribution in [0.15, 0.2) is 79.3 Å². The van der Waals surface area contributed by atoms with Crippen LogP contribution in [0.1, 0.15) is 58.9 Å². The molecule has 2 heterocycles. The van der Waals surface area contributed by atoms with Crippen LogP contribution >= 0.6 is 0 Å². The second kappa shape index (κ2) is 9.74. The van der Waals surface area contributed by atoms with Crippen LogP contribution in [0.4, 0.5) is 11.6 Å². The van der Waals surface area contributed by atoms with Crippen LogP contribution in [0.3, 0.4) is 0 Å². The van der Waals surface area contributed by atoms with Crippen LogP contribution in [0.25, 0.3) is 22.0 Å². The highest BCUT2D eigenvalue weighted by Crippen LogP contribution is 2.35. The van der Waals surface area contributed by atoms with E-state index in [1.54, 1.807) is 0 Å². The number of hydrogen-bond donors (Lipinski definition) is 2. The lowest BCUT2D eigenvalue weighted by Gasteiger charge is -2.17. The van der Waals surface area contributed by atoms with E-state index in [-0.39, 0.29) is 11.9 Å². The number of hydrogen-bond acceptors (Lipinski definition) is 5. The maximum Gasteiger partial charge on any atom is 0.251 e. The zero-order valence-corrected chi connectivity index (χ0v) is 21.8. The zero-order chi connectivity index (χ0) is 26.2. The maximum absolute atomic E-state index is 12.8. The molecule has 2 N–H and O–H groups in total. The Kier molecular flexibility index (Phi) is 6.12. The van der Waals surface area contributed by atoms with E-state index >= 15 is 0 Å². The number of benzene rings is 3. The molecule has 0 aliphatic heterocycles. The Labute approximate surface area is 222 Å². The second-order valence-corrected chi connectivity index (χ2v) is 10.2. The van der Waals surface area contributed by atoms with Crippen molar-refractivity contribution < 1.29 is 4.79 Å². The summed E-state index contributed by atoms with van der Waals surface area (Å²) in [7, 11) is 0. The van der Waals surface area contributed by atoms with E-state index in [9.17, 15) is 4.79 Å². The van der Waals surface area contributed by atoms with Crippen molar-refractivity contribution in [3.05, 3.63) is 102 Å². The molecule has 0 saturated heterocycles. The molecule has 6 rings (SSSR count). The molecule has 1 aliphatic rings. The lowest BCUT2D eigenvalue weighted by molar-refractivity contribution is 0.0940. The van der Waals surface area contributed by atoms with Crippen molar-refractivity contribution in [1.29, 1.82) is 0 Å². The number of aryl methyl sites for hydroxylation is 2. The average molecular weight is 503 g/mol. The van der Waals surface area contributed by atoms with Gasteiger partial charge in [-0.05, 0) is 86.2 Å². The molecule has 3 aromatic carbocycles. The summed E-state index contributed by atoms with van der Waals surface area (Å²) in [6.45, 7) is 6.10. The number of rotatable bonds is 7. The van der Waals surface area contributed by atoms with Gasteiger partial charge in [0.05, 0.1) is 29.5 Å². The normalized spacial score (nSPS) is 13.9. The number of carbonyl (C=O) groups excluding carboxylic acids is 1. The molecule has 2 aromatic heterocycles. The molecule has 38 heavy (non-hydrogen) atoms. The third-order valence-electron chi connectivity index (χ3n) is 7.06. The van der Waals surface area contributed by atoms with Gasteiger partial charge in [0, 0.05) is 23.3 Å². The Morgan fingerprint density at radius 2 is 1.89 bits per heavy atom. The first-order valence-electron chi connectivity index (χ1n) is 13.0. The molecule has 7 heteroatoms. The van der Waals surface area contributed by atoms with Gasteiger partial charge in [0.25, 0.3) is 5.91 Å². The smallest absolute Gasteiger partial charge is 0.251 e. The molecular weight excluding hydrogens is 472 g/mol. The third-order valence-corrected chi connectivity index (χ3v) is 7.06. The first-order chi connectivity index (χ1) is 18.4. The van der Waals surface area contributed by atoms with E-state index in [0.717, 1.165) is 44.4 Å². The summed E-state index contributed by atoms with van der Waals surface area (Å²) in [5, 5.41) is 11.8. The highest BCUT2D eigenvalue weighted by atomic mass is 16.1. The predicted molar refractivity (Wildman–Crippen MR) is 151 cm³/mol. The van der Waals surface area contributed by atoms with Gasteiger partial charge in [-0.25, -0.2) is 9.97 Å². The van der Waals surface area contributed by atoms with E-state index in [1.807, 2.05) is 67.5 Å². The third kappa shape index (κ3) is 5.00. The van der Waals surface area contributed by atoms with Crippen LogP contribution < -0.4 is 10.6 Å². The Morgan fingerprint density at radius 1 is 1.03 bits per heavy atom. The molecule has 190 valence electrons. The van der Waals surface area contributed by atoms with E-state index in [1.165, 1.54) is 12.8 Å². The number of nitrogens with zero attached hydrogens (tertiary/aromatic N) is 4. The van der Waals surface area contributed by atoms with Crippen molar-refractivity contribution in [3.8, 4) is 11.1 Å². The summed E-state index contributed by atoms with van der Waals surface area (Å²) >= 11 is 0. The molecule has 5 aromatic rings. The Balaban J connectivity index is 1.21. The zero-order valence-electron chi connectivity index (χ0n) is 21.8. The number of carbonyl (C=O) groups is 1. The van der Waals surface area contributed by atoms with Gasteiger partial charge in [-0.3, -0.25) is 9.48 Å². The fourth-order valence-electron chi connectivity index (χ4n) is 4.70. The van der Waals surface area contributed by atoms with Crippen molar-refractivity contribution in [3.63, 3.8) is 0 Å². The molecule has 1 fully saturated rings. The lowest BCUT2D eigenvalue weighted by atomic mass is 9.95. The second-order valence-electron chi connectivity index (χ2n) is 10.2. The monoisotopic (exact) mass is 502 g/mol. The standard InChI is InChI=1S/C31H30N6O/c1-19-5-4-6-24(13-19)30(38)34-21(3)22-8-7-20(2)28(15-22)23-9-12-29-25(14-23)16-32-31(36-29)35-26-17-33-37(18-26)27-10-11-27/h4-9,12-18,21,27H,10-11H2,1-3H3,(H,34,38)(H,32,35,36)/t21-/m1/s1. The van der Waals surface area contributed by atoms with Gasteiger partial charge < -0.3 is 10.6 Å². The lowest BCUT2D eigenvalue weighted by Crippen LogP contribution is -2.26. The molecule has 1 amide bonds. The minimum atomic E-state index is -0.135. The van der Waals surface area contributed by atoms with Gasteiger partial charge >= 0.3 is 0 Å². The van der Waals surface area contributed by atoms with Crippen molar-refractivity contribution >= 4 is 28.4 Å². The quantitative estimate of drug-likeness (QED) is 0.259. The number of fused-ring (bicyclic) bond motifs is 1. The summed E-state index contributed by atoms with van der Waals surface area (Å²) < 4.78 is 2.00. The van der Waals surface area contributed by atoms with Crippen LogP contribution in [-0.4, -0.2) is 25.7 Å². The minimum Gasteiger partial charge on any atom is -0.346 e. The summed E-state index contributed by atoms with van der Waals surface area (Å²) in [6.07, 6.45) is 8.06. The molecule has 0 unspecified atom stereocenters.